The van der Waals surface area contributed by atoms with Crippen LogP contribution in [0.15, 0.2) is 42.5 Å². The van der Waals surface area contributed by atoms with Gasteiger partial charge in [-0.05, 0) is 59.0 Å². The fourth-order valence-electron chi connectivity index (χ4n) is 1.39. The zero-order valence-corrected chi connectivity index (χ0v) is 12.5. The maximum atomic E-state index is 13.5. The van der Waals surface area contributed by atoms with E-state index in [-0.39, 0.29) is 5.82 Å². The second-order valence-electron chi connectivity index (χ2n) is 3.41. The fraction of sp³-hybridized carbons (Fsp3) is 0.0769. The predicted molar refractivity (Wildman–Crippen MR) is 78.3 cm³/mol. The Morgan fingerprint density at radius 3 is 2.47 bits per heavy atom. The van der Waals surface area contributed by atoms with Crippen LogP contribution >= 0.6 is 38.5 Å². The van der Waals surface area contributed by atoms with Gasteiger partial charge in [0.15, 0.2) is 0 Å². The van der Waals surface area contributed by atoms with Crippen molar-refractivity contribution < 1.29 is 9.13 Å². The maximum absolute atomic E-state index is 13.5. The molecule has 0 aromatic heterocycles. The Morgan fingerprint density at radius 2 is 1.82 bits per heavy atom. The summed E-state index contributed by atoms with van der Waals surface area (Å²) >= 11 is 5.49. The molecule has 0 saturated heterocycles. The van der Waals surface area contributed by atoms with Gasteiger partial charge in [0.05, 0.1) is 0 Å². The molecule has 0 N–H and O–H groups in total. The van der Waals surface area contributed by atoms with Crippen LogP contribution in [-0.2, 0) is 5.33 Å². The monoisotopic (exact) mass is 406 g/mol. The highest BCUT2D eigenvalue weighted by Gasteiger charge is 2.08. The van der Waals surface area contributed by atoms with Gasteiger partial charge in [0.1, 0.15) is 17.3 Å². The molecule has 0 aliphatic rings. The maximum Gasteiger partial charge on any atom is 0.134 e. The van der Waals surface area contributed by atoms with Crippen molar-refractivity contribution >= 4 is 38.5 Å². The Morgan fingerprint density at radius 1 is 1.12 bits per heavy atom. The normalized spacial score (nSPS) is 10.3. The number of hydrogen-bond donors (Lipinski definition) is 0. The molecular formula is C13H9BrFIO. The van der Waals surface area contributed by atoms with E-state index in [1.54, 1.807) is 12.1 Å². The van der Waals surface area contributed by atoms with Crippen LogP contribution in [0.3, 0.4) is 0 Å². The van der Waals surface area contributed by atoms with Gasteiger partial charge in [0, 0.05) is 14.5 Å². The van der Waals surface area contributed by atoms with E-state index in [0.29, 0.717) is 22.4 Å². The number of halogens is 3. The third-order valence-corrected chi connectivity index (χ3v) is 3.53. The van der Waals surface area contributed by atoms with Gasteiger partial charge in [0.25, 0.3) is 0 Å². The molecule has 0 saturated carbocycles. The van der Waals surface area contributed by atoms with E-state index in [2.05, 4.69) is 38.5 Å². The van der Waals surface area contributed by atoms with Crippen LogP contribution in [-0.4, -0.2) is 0 Å². The molecule has 0 heterocycles. The second kappa shape index (κ2) is 5.82. The van der Waals surface area contributed by atoms with Crippen molar-refractivity contribution in [3.8, 4) is 11.5 Å². The van der Waals surface area contributed by atoms with E-state index in [1.807, 2.05) is 24.3 Å². The van der Waals surface area contributed by atoms with Gasteiger partial charge in [0.2, 0.25) is 0 Å². The highest BCUT2D eigenvalue weighted by Crippen LogP contribution is 2.29. The second-order valence-corrected chi connectivity index (χ2v) is 5.21. The van der Waals surface area contributed by atoms with Gasteiger partial charge in [-0.25, -0.2) is 4.39 Å². The lowest BCUT2D eigenvalue weighted by atomic mass is 10.2. The molecule has 0 unspecified atom stereocenters. The number of alkyl halides is 1. The Labute approximate surface area is 121 Å². The van der Waals surface area contributed by atoms with Gasteiger partial charge >= 0.3 is 0 Å². The summed E-state index contributed by atoms with van der Waals surface area (Å²) in [6.07, 6.45) is 0. The van der Waals surface area contributed by atoms with Crippen LogP contribution in [0, 0.1) is 9.39 Å². The fourth-order valence-corrected chi connectivity index (χ4v) is 2.30. The minimum Gasteiger partial charge on any atom is -0.457 e. The first-order valence-electron chi connectivity index (χ1n) is 4.97. The van der Waals surface area contributed by atoms with E-state index in [9.17, 15) is 4.39 Å². The Hall–Kier alpha value is -0.620. The lowest BCUT2D eigenvalue weighted by Gasteiger charge is -2.10. The van der Waals surface area contributed by atoms with Gasteiger partial charge in [-0.2, -0.15) is 0 Å². The lowest BCUT2D eigenvalue weighted by Crippen LogP contribution is -1.92. The molecule has 0 atom stereocenters. The van der Waals surface area contributed by atoms with E-state index < -0.39 is 0 Å². The zero-order valence-electron chi connectivity index (χ0n) is 8.79. The van der Waals surface area contributed by atoms with Crippen molar-refractivity contribution in [2.24, 2.45) is 0 Å². The smallest absolute Gasteiger partial charge is 0.134 e. The topological polar surface area (TPSA) is 9.23 Å². The van der Waals surface area contributed by atoms with Crippen molar-refractivity contribution in [1.29, 1.82) is 0 Å². The molecule has 2 aromatic rings. The van der Waals surface area contributed by atoms with E-state index >= 15 is 0 Å². The molecule has 4 heteroatoms. The molecular weight excluding hydrogens is 398 g/mol. The van der Waals surface area contributed by atoms with Crippen LogP contribution in [0.25, 0.3) is 0 Å². The molecule has 0 fully saturated rings. The summed E-state index contributed by atoms with van der Waals surface area (Å²) in [6.45, 7) is 0. The summed E-state index contributed by atoms with van der Waals surface area (Å²) in [7, 11) is 0. The van der Waals surface area contributed by atoms with Crippen molar-refractivity contribution in [1.82, 2.24) is 0 Å². The molecule has 0 aliphatic heterocycles. The van der Waals surface area contributed by atoms with Gasteiger partial charge in [-0.1, -0.05) is 22.0 Å². The summed E-state index contributed by atoms with van der Waals surface area (Å²) in [5, 5.41) is 0.430. The van der Waals surface area contributed by atoms with Gasteiger partial charge in [-0.3, -0.25) is 0 Å². The summed E-state index contributed by atoms with van der Waals surface area (Å²) in [4.78, 5) is 0. The van der Waals surface area contributed by atoms with Crippen LogP contribution in [0.1, 0.15) is 5.56 Å². The third-order valence-electron chi connectivity index (χ3n) is 2.25. The lowest BCUT2D eigenvalue weighted by molar-refractivity contribution is 0.470. The molecule has 0 amide bonds. The molecule has 0 radical (unpaired) electrons. The van der Waals surface area contributed by atoms with Crippen molar-refractivity contribution in [2.45, 2.75) is 5.33 Å². The molecule has 0 aliphatic carbocycles. The molecule has 88 valence electrons. The Bertz CT molecular complexity index is 513. The average Bonchev–Trinajstić information content (AvgIpc) is 2.32. The summed E-state index contributed by atoms with van der Waals surface area (Å²) < 4.78 is 20.3. The number of benzene rings is 2. The summed E-state index contributed by atoms with van der Waals surface area (Å²) in [5.41, 5.74) is 0.533. The number of ether oxygens (including phenoxy) is 1. The van der Waals surface area contributed by atoms with E-state index in [0.717, 1.165) is 3.57 Å². The first kappa shape index (κ1) is 12.8. The molecule has 2 aromatic carbocycles. The predicted octanol–water partition coefficient (Wildman–Crippen LogP) is 5.12. The van der Waals surface area contributed by atoms with Crippen LogP contribution in [0.4, 0.5) is 4.39 Å². The highest BCUT2D eigenvalue weighted by atomic mass is 127. The van der Waals surface area contributed by atoms with Crippen molar-refractivity contribution in [3.05, 3.63) is 57.4 Å². The minimum absolute atomic E-state index is 0.259. The Balaban J connectivity index is 2.29. The molecule has 0 spiro atoms. The van der Waals surface area contributed by atoms with Gasteiger partial charge < -0.3 is 4.74 Å². The van der Waals surface area contributed by atoms with Crippen molar-refractivity contribution in [2.75, 3.05) is 0 Å². The molecule has 2 rings (SSSR count). The molecule has 1 nitrogen and oxygen atoms in total. The van der Waals surface area contributed by atoms with Crippen LogP contribution < -0.4 is 4.74 Å². The van der Waals surface area contributed by atoms with Crippen LogP contribution in [0.5, 0.6) is 11.5 Å². The largest absolute Gasteiger partial charge is 0.457 e. The standard InChI is InChI=1S/C13H9BrFIO/c14-8-11-12(15)2-1-3-13(11)17-10-6-4-9(16)5-7-10/h1-7H,8H2. The quantitative estimate of drug-likeness (QED) is 0.508. The minimum atomic E-state index is -0.259. The molecule has 0 bridgehead atoms. The average molecular weight is 407 g/mol. The molecule has 17 heavy (non-hydrogen) atoms. The van der Waals surface area contributed by atoms with Crippen molar-refractivity contribution in [3.63, 3.8) is 0 Å². The number of hydrogen-bond acceptors (Lipinski definition) is 1. The first-order valence-corrected chi connectivity index (χ1v) is 7.17. The third kappa shape index (κ3) is 3.19. The van der Waals surface area contributed by atoms with Gasteiger partial charge in [-0.15, -0.1) is 0 Å². The van der Waals surface area contributed by atoms with Crippen LogP contribution in [0.2, 0.25) is 0 Å². The first-order chi connectivity index (χ1) is 8.20. The Kier molecular flexibility index (Phi) is 4.39. The van der Waals surface area contributed by atoms with E-state index in [1.165, 1.54) is 6.07 Å². The SMILES string of the molecule is Fc1cccc(Oc2ccc(I)cc2)c1CBr. The summed E-state index contributed by atoms with van der Waals surface area (Å²) in [6, 6.07) is 12.5. The van der Waals surface area contributed by atoms with E-state index in [4.69, 9.17) is 4.74 Å². The highest BCUT2D eigenvalue weighted by molar-refractivity contribution is 14.1. The zero-order chi connectivity index (χ0) is 12.3. The summed E-state index contributed by atoms with van der Waals surface area (Å²) in [5.74, 6) is 0.992. The number of rotatable bonds is 3.